The molecule has 2 heterocycles. The Morgan fingerprint density at radius 3 is 2.54 bits per heavy atom. The number of carbonyl (C=O) groups is 1. The first-order chi connectivity index (χ1) is 13.1. The lowest BCUT2D eigenvalue weighted by Gasteiger charge is -2.37. The lowest BCUT2D eigenvalue weighted by Crippen LogP contribution is -2.46. The average Bonchev–Trinajstić information content (AvgIpc) is 2.71. The van der Waals surface area contributed by atoms with Gasteiger partial charge in [0.1, 0.15) is 5.75 Å². The van der Waals surface area contributed by atoms with Gasteiger partial charge in [-0.15, -0.1) is 12.4 Å². The molecule has 0 bridgehead atoms. The maximum absolute atomic E-state index is 13.1. The number of amides is 1. The molecule has 0 aliphatic carbocycles. The minimum Gasteiger partial charge on any atom is -0.493 e. The van der Waals surface area contributed by atoms with Gasteiger partial charge in [-0.2, -0.15) is 0 Å². The molecule has 6 heteroatoms. The molecule has 5 nitrogen and oxygen atoms in total. The summed E-state index contributed by atoms with van der Waals surface area (Å²) in [6, 6.07) is 8.01. The number of likely N-dealkylation sites (tertiary alicyclic amines) is 1. The summed E-state index contributed by atoms with van der Waals surface area (Å²) in [6.45, 7) is 10.6. The van der Waals surface area contributed by atoms with Crippen LogP contribution in [-0.2, 0) is 4.74 Å². The molecule has 0 aromatic heterocycles. The lowest BCUT2D eigenvalue weighted by molar-refractivity contribution is 0.0295. The van der Waals surface area contributed by atoms with Crippen molar-refractivity contribution in [3.63, 3.8) is 0 Å². The highest BCUT2D eigenvalue weighted by atomic mass is 35.5. The molecule has 0 spiro atoms. The first-order valence-corrected chi connectivity index (χ1v) is 10.5. The summed E-state index contributed by atoms with van der Waals surface area (Å²) in [4.78, 5) is 17.7. The lowest BCUT2D eigenvalue weighted by atomic mass is 9.97. The van der Waals surface area contributed by atoms with Crippen molar-refractivity contribution >= 4 is 18.3 Å². The van der Waals surface area contributed by atoms with Crippen LogP contribution in [0.5, 0.6) is 5.75 Å². The zero-order valence-corrected chi connectivity index (χ0v) is 18.1. The molecule has 28 heavy (non-hydrogen) atoms. The Balaban J connectivity index is 0.00000280. The van der Waals surface area contributed by atoms with Crippen LogP contribution in [-0.4, -0.2) is 67.7 Å². The number of carbonyl (C=O) groups excluding carboxylic acids is 1. The quantitative estimate of drug-likeness (QED) is 0.684. The number of benzene rings is 1. The molecule has 1 amide bonds. The zero-order chi connectivity index (χ0) is 19.1. The molecule has 2 fully saturated rings. The maximum atomic E-state index is 13.1. The van der Waals surface area contributed by atoms with Crippen LogP contribution >= 0.6 is 12.4 Å². The van der Waals surface area contributed by atoms with Gasteiger partial charge in [-0.1, -0.05) is 13.8 Å². The number of hydrogen-bond donors (Lipinski definition) is 0. The normalized spacial score (nSPS) is 20.7. The van der Waals surface area contributed by atoms with E-state index in [-0.39, 0.29) is 18.3 Å². The molecule has 2 aliphatic rings. The highest BCUT2D eigenvalue weighted by Crippen LogP contribution is 2.23. The monoisotopic (exact) mass is 410 g/mol. The van der Waals surface area contributed by atoms with Crippen molar-refractivity contribution in [2.45, 2.75) is 45.6 Å². The van der Waals surface area contributed by atoms with E-state index in [2.05, 4.69) is 23.6 Å². The van der Waals surface area contributed by atoms with Crippen LogP contribution in [0.15, 0.2) is 24.3 Å². The maximum Gasteiger partial charge on any atom is 0.254 e. The molecule has 158 valence electrons. The van der Waals surface area contributed by atoms with E-state index in [9.17, 15) is 4.79 Å². The number of piperidine rings is 1. The molecule has 2 saturated heterocycles. The molecule has 0 N–H and O–H groups in total. The Kier molecular flexibility index (Phi) is 9.56. The summed E-state index contributed by atoms with van der Waals surface area (Å²) in [6.07, 6.45) is 4.50. The molecule has 1 aromatic rings. The fourth-order valence-electron chi connectivity index (χ4n) is 3.85. The molecule has 1 aromatic carbocycles. The first kappa shape index (κ1) is 23.0. The standard InChI is InChI=1S/C22H34N2O3.ClH/c1-18(2)17-27-21-8-6-19(7-9-21)22(25)24-11-4-3-5-20(24)10-12-23-13-15-26-16-14-23;/h6-9,18,20H,3-5,10-17H2,1-2H3;1H. The summed E-state index contributed by atoms with van der Waals surface area (Å²) >= 11 is 0. The van der Waals surface area contributed by atoms with Crippen LogP contribution in [0.4, 0.5) is 0 Å². The predicted octanol–water partition coefficient (Wildman–Crippen LogP) is 3.86. The van der Waals surface area contributed by atoms with Crippen molar-refractivity contribution in [2.75, 3.05) is 46.0 Å². The summed E-state index contributed by atoms with van der Waals surface area (Å²) in [5.74, 6) is 1.49. The van der Waals surface area contributed by atoms with Gasteiger partial charge >= 0.3 is 0 Å². The molecule has 1 unspecified atom stereocenters. The molecule has 0 radical (unpaired) electrons. The van der Waals surface area contributed by atoms with E-state index in [1.54, 1.807) is 0 Å². The Labute approximate surface area is 175 Å². The SMILES string of the molecule is CC(C)COc1ccc(C(=O)N2CCCCC2CCN2CCOCC2)cc1.Cl. The van der Waals surface area contributed by atoms with Crippen LogP contribution in [0.1, 0.15) is 49.9 Å². The first-order valence-electron chi connectivity index (χ1n) is 10.5. The van der Waals surface area contributed by atoms with Gasteiger partial charge in [0.2, 0.25) is 0 Å². The van der Waals surface area contributed by atoms with Gasteiger partial charge in [-0.3, -0.25) is 9.69 Å². The molecular formula is C22H35ClN2O3. The minimum atomic E-state index is 0. The summed E-state index contributed by atoms with van der Waals surface area (Å²) < 4.78 is 11.2. The van der Waals surface area contributed by atoms with Crippen LogP contribution in [0.25, 0.3) is 0 Å². The minimum absolute atomic E-state index is 0. The number of hydrogen-bond acceptors (Lipinski definition) is 4. The topological polar surface area (TPSA) is 42.0 Å². The number of halogens is 1. The fourth-order valence-corrected chi connectivity index (χ4v) is 3.85. The van der Waals surface area contributed by atoms with Crippen molar-refractivity contribution < 1.29 is 14.3 Å². The van der Waals surface area contributed by atoms with Crippen LogP contribution in [0.2, 0.25) is 0 Å². The smallest absolute Gasteiger partial charge is 0.254 e. The van der Waals surface area contributed by atoms with E-state index in [4.69, 9.17) is 9.47 Å². The third kappa shape index (κ3) is 6.64. The Morgan fingerprint density at radius 1 is 1.14 bits per heavy atom. The predicted molar refractivity (Wildman–Crippen MR) is 115 cm³/mol. The largest absolute Gasteiger partial charge is 0.493 e. The van der Waals surface area contributed by atoms with Crippen LogP contribution in [0, 0.1) is 5.92 Å². The van der Waals surface area contributed by atoms with E-state index < -0.39 is 0 Å². The van der Waals surface area contributed by atoms with Crippen LogP contribution < -0.4 is 4.74 Å². The third-order valence-corrected chi connectivity index (χ3v) is 5.45. The van der Waals surface area contributed by atoms with Crippen molar-refractivity contribution in [1.82, 2.24) is 9.80 Å². The Hall–Kier alpha value is -1.30. The number of rotatable bonds is 7. The van der Waals surface area contributed by atoms with Crippen molar-refractivity contribution in [3.8, 4) is 5.75 Å². The zero-order valence-electron chi connectivity index (χ0n) is 17.3. The Morgan fingerprint density at radius 2 is 1.86 bits per heavy atom. The van der Waals surface area contributed by atoms with Crippen molar-refractivity contribution in [3.05, 3.63) is 29.8 Å². The molecule has 2 aliphatic heterocycles. The van der Waals surface area contributed by atoms with Crippen LogP contribution in [0.3, 0.4) is 0 Å². The summed E-state index contributed by atoms with van der Waals surface area (Å²) in [5, 5.41) is 0. The van der Waals surface area contributed by atoms with Gasteiger partial charge < -0.3 is 14.4 Å². The highest BCUT2D eigenvalue weighted by Gasteiger charge is 2.28. The van der Waals surface area contributed by atoms with Gasteiger partial charge in [0.05, 0.1) is 19.8 Å². The highest BCUT2D eigenvalue weighted by molar-refractivity contribution is 5.94. The average molecular weight is 411 g/mol. The van der Waals surface area contributed by atoms with Gasteiger partial charge in [0.15, 0.2) is 0 Å². The fraction of sp³-hybridized carbons (Fsp3) is 0.682. The van der Waals surface area contributed by atoms with Gasteiger partial charge in [0.25, 0.3) is 5.91 Å². The van der Waals surface area contributed by atoms with Gasteiger partial charge in [-0.05, 0) is 55.9 Å². The van der Waals surface area contributed by atoms with Gasteiger partial charge in [-0.25, -0.2) is 0 Å². The molecule has 1 atom stereocenters. The number of nitrogens with zero attached hydrogens (tertiary/aromatic N) is 2. The van der Waals surface area contributed by atoms with E-state index in [1.165, 1.54) is 6.42 Å². The second-order valence-corrected chi connectivity index (χ2v) is 8.12. The second kappa shape index (κ2) is 11.6. The number of morpholine rings is 1. The van der Waals surface area contributed by atoms with Gasteiger partial charge in [0, 0.05) is 37.8 Å². The number of ether oxygens (including phenoxy) is 2. The van der Waals surface area contributed by atoms with E-state index in [0.29, 0.717) is 18.6 Å². The van der Waals surface area contributed by atoms with Crippen molar-refractivity contribution in [1.29, 1.82) is 0 Å². The summed E-state index contributed by atoms with van der Waals surface area (Å²) in [7, 11) is 0. The van der Waals surface area contributed by atoms with Crippen molar-refractivity contribution in [2.24, 2.45) is 5.92 Å². The third-order valence-electron chi connectivity index (χ3n) is 5.45. The molecule has 3 rings (SSSR count). The van der Waals surface area contributed by atoms with E-state index in [1.807, 2.05) is 24.3 Å². The Bertz CT molecular complexity index is 588. The van der Waals surface area contributed by atoms with E-state index in [0.717, 1.165) is 70.0 Å². The van der Waals surface area contributed by atoms with E-state index >= 15 is 0 Å². The molecular weight excluding hydrogens is 376 g/mol. The second-order valence-electron chi connectivity index (χ2n) is 8.12. The molecule has 0 saturated carbocycles. The summed E-state index contributed by atoms with van der Waals surface area (Å²) in [5.41, 5.74) is 0.769.